The second-order valence-electron chi connectivity index (χ2n) is 18.3. The van der Waals surface area contributed by atoms with Gasteiger partial charge in [0, 0.05) is 0 Å². The van der Waals surface area contributed by atoms with Crippen LogP contribution in [0.15, 0.2) is 243 Å². The molecule has 13 rings (SSSR count). The lowest BCUT2D eigenvalue weighted by atomic mass is 9.67. The standard InChI is InChI=1S/C67H46/c1-5-17-57-51(13-1)43-52-14-2-6-18-58(52)63(57)41-45-25-29-47(30-26-45)49-33-37-55(38-34-49)67(65-23-11-9-21-61(65)62-22-10-12-24-66(62)67)56-39-35-50(36-40-56)48-31-27-46(28-32-48)42-64-59-19-7-3-15-53(59)44-54-16-4-8-20-60(54)64/h1-42H,43-44H2. The normalized spacial score (nSPS) is 13.6. The fourth-order valence-corrected chi connectivity index (χ4v) is 11.5. The third-order valence-corrected chi connectivity index (χ3v) is 14.7. The van der Waals surface area contributed by atoms with E-state index >= 15 is 0 Å². The molecule has 0 radical (unpaired) electrons. The monoisotopic (exact) mass is 850 g/mol. The van der Waals surface area contributed by atoms with Crippen molar-refractivity contribution in [2.45, 2.75) is 18.3 Å². The maximum absolute atomic E-state index is 2.37. The highest BCUT2D eigenvalue weighted by molar-refractivity contribution is 5.97. The van der Waals surface area contributed by atoms with E-state index in [1.54, 1.807) is 0 Å². The number of fused-ring (bicyclic) bond motifs is 7. The smallest absolute Gasteiger partial charge is 0.0619 e. The average molecular weight is 851 g/mol. The largest absolute Gasteiger partial charge is 0.0713 e. The quantitative estimate of drug-likeness (QED) is 0.156. The lowest BCUT2D eigenvalue weighted by molar-refractivity contribution is 0.769. The minimum Gasteiger partial charge on any atom is -0.0619 e. The predicted molar refractivity (Wildman–Crippen MR) is 280 cm³/mol. The maximum atomic E-state index is 2.37. The van der Waals surface area contributed by atoms with Crippen LogP contribution >= 0.6 is 0 Å². The Hall–Kier alpha value is -8.32. The van der Waals surface area contributed by atoms with Crippen LogP contribution in [0.5, 0.6) is 0 Å². The highest BCUT2D eigenvalue weighted by Crippen LogP contribution is 2.56. The summed E-state index contributed by atoms with van der Waals surface area (Å²) >= 11 is 0. The highest BCUT2D eigenvalue weighted by atomic mass is 14.5. The molecule has 3 aliphatic rings. The van der Waals surface area contributed by atoms with Crippen molar-refractivity contribution in [2.75, 3.05) is 0 Å². The summed E-state index contributed by atoms with van der Waals surface area (Å²) in [7, 11) is 0. The van der Waals surface area contributed by atoms with E-state index in [0.29, 0.717) is 0 Å². The Kier molecular flexibility index (Phi) is 9.32. The number of benzene rings is 10. The fraction of sp³-hybridized carbons (Fsp3) is 0.0448. The molecule has 0 aromatic heterocycles. The van der Waals surface area contributed by atoms with Crippen molar-refractivity contribution in [3.05, 3.63) is 321 Å². The van der Waals surface area contributed by atoms with Gasteiger partial charge in [-0.2, -0.15) is 0 Å². The molecule has 10 aromatic rings. The topological polar surface area (TPSA) is 0 Å². The first kappa shape index (κ1) is 39.1. The molecule has 10 aromatic carbocycles. The summed E-state index contributed by atoms with van der Waals surface area (Å²) in [5.74, 6) is 0. The van der Waals surface area contributed by atoms with Crippen LogP contribution < -0.4 is 0 Å². The van der Waals surface area contributed by atoms with Crippen molar-refractivity contribution in [1.29, 1.82) is 0 Å². The van der Waals surface area contributed by atoms with E-state index < -0.39 is 5.41 Å². The number of hydrogen-bond donors (Lipinski definition) is 0. The van der Waals surface area contributed by atoms with Crippen LogP contribution in [0.1, 0.15) is 77.9 Å². The Balaban J connectivity index is 0.838. The molecule has 67 heavy (non-hydrogen) atoms. The molecule has 0 heteroatoms. The van der Waals surface area contributed by atoms with Crippen LogP contribution in [-0.2, 0) is 18.3 Å². The summed E-state index contributed by atoms with van der Waals surface area (Å²) in [4.78, 5) is 0. The minimum absolute atomic E-state index is 0.477. The second-order valence-corrected chi connectivity index (χ2v) is 18.3. The zero-order valence-corrected chi connectivity index (χ0v) is 37.2. The van der Waals surface area contributed by atoms with Crippen molar-refractivity contribution in [3.63, 3.8) is 0 Å². The molecule has 0 atom stereocenters. The third-order valence-electron chi connectivity index (χ3n) is 14.7. The first-order valence-corrected chi connectivity index (χ1v) is 23.6. The highest BCUT2D eigenvalue weighted by Gasteiger charge is 2.45. The molecule has 0 spiro atoms. The molecule has 314 valence electrons. The lowest BCUT2D eigenvalue weighted by Crippen LogP contribution is -2.28. The van der Waals surface area contributed by atoms with E-state index in [4.69, 9.17) is 0 Å². The Bertz CT molecular complexity index is 3240. The van der Waals surface area contributed by atoms with Crippen LogP contribution in [-0.4, -0.2) is 0 Å². The summed E-state index contributed by atoms with van der Waals surface area (Å²) in [6, 6.07) is 90.3. The Morgan fingerprint density at radius 1 is 0.254 bits per heavy atom. The number of rotatable bonds is 6. The van der Waals surface area contributed by atoms with Crippen LogP contribution in [0.4, 0.5) is 0 Å². The van der Waals surface area contributed by atoms with Gasteiger partial charge in [0.05, 0.1) is 5.41 Å². The zero-order chi connectivity index (χ0) is 44.3. The van der Waals surface area contributed by atoms with Gasteiger partial charge in [0.2, 0.25) is 0 Å². The molecule has 0 fully saturated rings. The summed E-state index contributed by atoms with van der Waals surface area (Å²) in [5, 5.41) is 0. The van der Waals surface area contributed by atoms with Crippen molar-refractivity contribution < 1.29 is 0 Å². The summed E-state index contributed by atoms with van der Waals surface area (Å²) < 4.78 is 0. The Morgan fingerprint density at radius 2 is 0.522 bits per heavy atom. The summed E-state index contributed by atoms with van der Waals surface area (Å²) in [5.41, 5.74) is 28.0. The van der Waals surface area contributed by atoms with Gasteiger partial charge in [-0.1, -0.05) is 243 Å². The van der Waals surface area contributed by atoms with Gasteiger partial charge in [-0.15, -0.1) is 0 Å². The van der Waals surface area contributed by atoms with Crippen molar-refractivity contribution in [2.24, 2.45) is 0 Å². The van der Waals surface area contributed by atoms with Crippen LogP contribution in [0.25, 0.3) is 56.7 Å². The molecule has 0 nitrogen and oxygen atoms in total. The third kappa shape index (κ3) is 6.51. The molecule has 0 heterocycles. The van der Waals surface area contributed by atoms with Gasteiger partial charge in [0.1, 0.15) is 0 Å². The van der Waals surface area contributed by atoms with E-state index in [-0.39, 0.29) is 0 Å². The van der Waals surface area contributed by atoms with E-state index in [2.05, 4.69) is 255 Å². The van der Waals surface area contributed by atoms with Crippen molar-refractivity contribution >= 4 is 23.3 Å². The first-order valence-electron chi connectivity index (χ1n) is 23.6. The van der Waals surface area contributed by atoms with Gasteiger partial charge in [0.15, 0.2) is 0 Å². The molecular weight excluding hydrogens is 805 g/mol. The van der Waals surface area contributed by atoms with Gasteiger partial charge in [-0.3, -0.25) is 0 Å². The molecule has 0 aliphatic heterocycles. The SMILES string of the molecule is C(=C1c2ccccc2Cc2ccccc21)c1ccc(-c2ccc(C3(c4ccc(-c5ccc(C=C6c7ccccc7Cc7ccccc76)cc5)cc4)c4ccccc4-c4ccccc43)cc2)cc1. The summed E-state index contributed by atoms with van der Waals surface area (Å²) in [6.45, 7) is 0. The Labute approximate surface area is 393 Å². The van der Waals surface area contributed by atoms with Gasteiger partial charge in [-0.05, 0) is 147 Å². The van der Waals surface area contributed by atoms with E-state index in [0.717, 1.165) is 12.8 Å². The fourth-order valence-electron chi connectivity index (χ4n) is 11.5. The number of hydrogen-bond acceptors (Lipinski definition) is 0. The molecule has 0 unspecified atom stereocenters. The van der Waals surface area contributed by atoms with Crippen LogP contribution in [0, 0.1) is 0 Å². The van der Waals surface area contributed by atoms with Gasteiger partial charge in [-0.25, -0.2) is 0 Å². The van der Waals surface area contributed by atoms with Gasteiger partial charge in [0.25, 0.3) is 0 Å². The van der Waals surface area contributed by atoms with Crippen molar-refractivity contribution in [3.8, 4) is 33.4 Å². The second kappa shape index (κ2) is 16.0. The average Bonchev–Trinajstić information content (AvgIpc) is 3.70. The van der Waals surface area contributed by atoms with Crippen LogP contribution in [0.2, 0.25) is 0 Å². The molecule has 0 saturated carbocycles. The first-order chi connectivity index (χ1) is 33.2. The minimum atomic E-state index is -0.477. The molecular formula is C67H46. The van der Waals surface area contributed by atoms with Crippen molar-refractivity contribution in [1.82, 2.24) is 0 Å². The van der Waals surface area contributed by atoms with E-state index in [1.807, 2.05) is 0 Å². The van der Waals surface area contributed by atoms with E-state index in [1.165, 1.54) is 122 Å². The van der Waals surface area contributed by atoms with Crippen LogP contribution in [0.3, 0.4) is 0 Å². The molecule has 0 bridgehead atoms. The Morgan fingerprint density at radius 3 is 0.851 bits per heavy atom. The van der Waals surface area contributed by atoms with Gasteiger partial charge < -0.3 is 0 Å². The van der Waals surface area contributed by atoms with E-state index in [9.17, 15) is 0 Å². The maximum Gasteiger partial charge on any atom is 0.0713 e. The summed E-state index contributed by atoms with van der Waals surface area (Å²) in [6.07, 6.45) is 6.67. The molecule has 0 amide bonds. The lowest BCUT2D eigenvalue weighted by Gasteiger charge is -2.34. The zero-order valence-electron chi connectivity index (χ0n) is 37.2. The predicted octanol–water partition coefficient (Wildman–Crippen LogP) is 16.4. The molecule has 0 N–H and O–H groups in total. The van der Waals surface area contributed by atoms with Gasteiger partial charge >= 0.3 is 0 Å². The molecule has 3 aliphatic carbocycles. The molecule has 0 saturated heterocycles.